The first-order valence-corrected chi connectivity index (χ1v) is 11.0. The van der Waals surface area contributed by atoms with E-state index in [1.807, 2.05) is 0 Å². The van der Waals surface area contributed by atoms with Crippen molar-refractivity contribution in [3.05, 3.63) is 11.6 Å². The van der Waals surface area contributed by atoms with Gasteiger partial charge in [0.15, 0.2) is 0 Å². The number of hydrogen-bond donors (Lipinski definition) is 1. The van der Waals surface area contributed by atoms with Gasteiger partial charge >= 0.3 is 11.9 Å². The molecular formula is C23H33NO5. The average molecular weight is 404 g/mol. The Bertz CT molecular complexity index is 773. The van der Waals surface area contributed by atoms with Crippen LogP contribution in [-0.2, 0) is 19.1 Å². The molecule has 7 atom stereocenters. The summed E-state index contributed by atoms with van der Waals surface area (Å²) in [5.74, 6) is 0.480. The lowest BCUT2D eigenvalue weighted by atomic mass is 9.47. The summed E-state index contributed by atoms with van der Waals surface area (Å²) in [6, 6.07) is 0. The third kappa shape index (κ3) is 3.19. The molecule has 6 nitrogen and oxygen atoms in total. The normalized spacial score (nSPS) is 44.9. The Kier molecular flexibility index (Phi) is 5.02. The fourth-order valence-electron chi connectivity index (χ4n) is 7.17. The average Bonchev–Trinajstić information content (AvgIpc) is 2.97. The zero-order valence-corrected chi connectivity index (χ0v) is 17.9. The number of allylic oxidation sites excluding steroid dienone is 1. The summed E-state index contributed by atoms with van der Waals surface area (Å²) in [7, 11) is 0. The number of carbonyl (C=O) groups excluding carboxylic acids is 2. The van der Waals surface area contributed by atoms with E-state index in [9.17, 15) is 14.8 Å². The quantitative estimate of drug-likeness (QED) is 0.423. The van der Waals surface area contributed by atoms with Crippen LogP contribution in [0, 0.1) is 28.6 Å². The maximum atomic E-state index is 11.6. The van der Waals surface area contributed by atoms with Gasteiger partial charge in [-0.05, 0) is 61.9 Å². The van der Waals surface area contributed by atoms with E-state index in [-0.39, 0.29) is 40.9 Å². The zero-order valence-electron chi connectivity index (χ0n) is 17.9. The summed E-state index contributed by atoms with van der Waals surface area (Å²) in [5, 5.41) is 13.6. The van der Waals surface area contributed by atoms with Crippen LogP contribution in [0.4, 0.5) is 0 Å². The van der Waals surface area contributed by atoms with Gasteiger partial charge < -0.3 is 14.7 Å². The molecule has 3 saturated carbocycles. The van der Waals surface area contributed by atoms with E-state index in [0.29, 0.717) is 11.8 Å². The molecule has 7 unspecified atom stereocenters. The number of hydrogen-bond acceptors (Lipinski definition) is 6. The largest absolute Gasteiger partial charge is 0.462 e. The summed E-state index contributed by atoms with van der Waals surface area (Å²) in [4.78, 5) is 23.1. The molecule has 0 aromatic rings. The molecule has 0 aromatic heterocycles. The highest BCUT2D eigenvalue weighted by Gasteiger charge is 2.61. The van der Waals surface area contributed by atoms with E-state index in [1.54, 1.807) is 0 Å². The van der Waals surface area contributed by atoms with Crippen molar-refractivity contribution in [1.29, 1.82) is 0 Å². The van der Waals surface area contributed by atoms with Gasteiger partial charge in [-0.25, -0.2) is 0 Å². The summed E-state index contributed by atoms with van der Waals surface area (Å²) >= 11 is 0. The summed E-state index contributed by atoms with van der Waals surface area (Å²) < 4.78 is 11.2. The number of carbonyl (C=O) groups is 2. The molecule has 0 radical (unpaired) electrons. The Balaban J connectivity index is 1.66. The maximum Gasteiger partial charge on any atom is 0.302 e. The summed E-state index contributed by atoms with van der Waals surface area (Å²) in [5.41, 5.74) is 1.98. The van der Waals surface area contributed by atoms with Gasteiger partial charge in [0.05, 0.1) is 5.71 Å². The third-order valence-electron chi connectivity index (χ3n) is 8.59. The molecule has 4 aliphatic rings. The van der Waals surface area contributed by atoms with E-state index in [0.717, 1.165) is 50.7 Å². The van der Waals surface area contributed by atoms with Gasteiger partial charge in [-0.2, -0.15) is 0 Å². The van der Waals surface area contributed by atoms with Crippen LogP contribution in [0.25, 0.3) is 0 Å². The molecule has 1 N–H and O–H groups in total. The molecule has 4 aliphatic carbocycles. The smallest absolute Gasteiger partial charge is 0.302 e. The van der Waals surface area contributed by atoms with Crippen LogP contribution in [0.15, 0.2) is 16.8 Å². The summed E-state index contributed by atoms with van der Waals surface area (Å²) in [6.45, 7) is 7.54. The molecule has 0 spiro atoms. The standard InChI is InChI=1S/C23H33NO5/c1-13(25)28-16-7-9-22(3)15(11-16)12-19(24-27)21-17-5-6-20(29-14(2)26)23(17,4)10-8-18(21)22/h12,16-18,20-21,27H,5-11H2,1-4H3/b24-19+. The molecule has 3 fully saturated rings. The minimum absolute atomic E-state index is 0.0381. The van der Waals surface area contributed by atoms with E-state index < -0.39 is 0 Å². The molecule has 0 saturated heterocycles. The van der Waals surface area contributed by atoms with E-state index in [2.05, 4.69) is 25.1 Å². The molecule has 0 aliphatic heterocycles. The first-order valence-electron chi connectivity index (χ1n) is 11.0. The second kappa shape index (κ2) is 7.13. The fourth-order valence-corrected chi connectivity index (χ4v) is 7.17. The molecule has 0 amide bonds. The van der Waals surface area contributed by atoms with Gasteiger partial charge in [-0.1, -0.05) is 24.6 Å². The predicted molar refractivity (Wildman–Crippen MR) is 107 cm³/mol. The van der Waals surface area contributed by atoms with Gasteiger partial charge in [-0.15, -0.1) is 0 Å². The fraction of sp³-hybridized carbons (Fsp3) is 0.783. The SMILES string of the molecule is CC(=O)OC1CCC2(C)C(=C/C(=N\O)C3C2CCC2(C)C(OC(C)=O)CCC32)C1. The van der Waals surface area contributed by atoms with Crippen LogP contribution in [-0.4, -0.2) is 35.1 Å². The van der Waals surface area contributed by atoms with Crippen LogP contribution in [0.5, 0.6) is 0 Å². The number of rotatable bonds is 2. The van der Waals surface area contributed by atoms with E-state index in [4.69, 9.17) is 9.47 Å². The molecule has 6 heteroatoms. The minimum atomic E-state index is -0.236. The Hall–Kier alpha value is -1.85. The second-order valence-electron chi connectivity index (χ2n) is 10.0. The highest BCUT2D eigenvalue weighted by Crippen LogP contribution is 2.64. The van der Waals surface area contributed by atoms with Gasteiger partial charge in [0.25, 0.3) is 0 Å². The van der Waals surface area contributed by atoms with Crippen LogP contribution in [0.3, 0.4) is 0 Å². The van der Waals surface area contributed by atoms with Crippen molar-refractivity contribution in [3.63, 3.8) is 0 Å². The van der Waals surface area contributed by atoms with Gasteiger partial charge in [0, 0.05) is 31.6 Å². The molecule has 29 heavy (non-hydrogen) atoms. The van der Waals surface area contributed by atoms with Crippen molar-refractivity contribution in [2.45, 2.75) is 84.8 Å². The molecule has 160 valence electrons. The van der Waals surface area contributed by atoms with E-state index >= 15 is 0 Å². The second-order valence-corrected chi connectivity index (χ2v) is 10.0. The number of esters is 2. The van der Waals surface area contributed by atoms with Crippen molar-refractivity contribution in [2.24, 2.45) is 33.7 Å². The molecule has 0 bridgehead atoms. The van der Waals surface area contributed by atoms with Crippen LogP contribution in [0.2, 0.25) is 0 Å². The topological polar surface area (TPSA) is 85.2 Å². The number of ether oxygens (including phenoxy) is 2. The lowest BCUT2D eigenvalue weighted by molar-refractivity contribution is -0.155. The Morgan fingerprint density at radius 2 is 1.76 bits per heavy atom. The zero-order chi connectivity index (χ0) is 21.0. The Morgan fingerprint density at radius 1 is 1.03 bits per heavy atom. The van der Waals surface area contributed by atoms with Crippen LogP contribution < -0.4 is 0 Å². The lowest BCUT2D eigenvalue weighted by Gasteiger charge is -2.57. The summed E-state index contributed by atoms with van der Waals surface area (Å²) in [6.07, 6.45) is 8.42. The number of fused-ring (bicyclic) bond motifs is 5. The number of oxime groups is 1. The molecule has 0 heterocycles. The highest BCUT2D eigenvalue weighted by molar-refractivity contribution is 5.99. The minimum Gasteiger partial charge on any atom is -0.462 e. The highest BCUT2D eigenvalue weighted by atomic mass is 16.5. The Morgan fingerprint density at radius 3 is 2.41 bits per heavy atom. The maximum absolute atomic E-state index is 11.6. The lowest BCUT2D eigenvalue weighted by Crippen LogP contribution is -2.54. The van der Waals surface area contributed by atoms with Crippen LogP contribution in [0.1, 0.15) is 72.6 Å². The molecule has 0 aromatic carbocycles. The number of nitrogens with zero attached hydrogens (tertiary/aromatic N) is 1. The monoisotopic (exact) mass is 403 g/mol. The van der Waals surface area contributed by atoms with Gasteiger partial charge in [0.1, 0.15) is 12.2 Å². The molecular weight excluding hydrogens is 370 g/mol. The first kappa shape index (κ1) is 20.4. The van der Waals surface area contributed by atoms with Crippen molar-refractivity contribution >= 4 is 17.7 Å². The van der Waals surface area contributed by atoms with Crippen LogP contribution >= 0.6 is 0 Å². The van der Waals surface area contributed by atoms with Crippen molar-refractivity contribution in [2.75, 3.05) is 0 Å². The van der Waals surface area contributed by atoms with Crippen molar-refractivity contribution in [1.82, 2.24) is 0 Å². The van der Waals surface area contributed by atoms with Gasteiger partial charge in [0.2, 0.25) is 0 Å². The Labute approximate surface area is 172 Å². The molecule has 4 rings (SSSR count). The van der Waals surface area contributed by atoms with E-state index in [1.165, 1.54) is 19.4 Å². The first-order chi connectivity index (χ1) is 13.7. The van der Waals surface area contributed by atoms with Crippen molar-refractivity contribution < 1.29 is 24.3 Å². The van der Waals surface area contributed by atoms with Crippen molar-refractivity contribution in [3.8, 4) is 0 Å². The van der Waals surface area contributed by atoms with Gasteiger partial charge in [-0.3, -0.25) is 9.59 Å². The predicted octanol–water partition coefficient (Wildman–Crippen LogP) is 4.25. The third-order valence-corrected chi connectivity index (χ3v) is 8.59.